The number of benzene rings is 1. The summed E-state index contributed by atoms with van der Waals surface area (Å²) in [7, 11) is 0. The van der Waals surface area contributed by atoms with Crippen LogP contribution in [0.1, 0.15) is 45.5 Å². The topological polar surface area (TPSA) is 58.4 Å². The molecular weight excluding hydrogens is 314 g/mol. The summed E-state index contributed by atoms with van der Waals surface area (Å²) in [4.78, 5) is 19.0. The fourth-order valence-electron chi connectivity index (χ4n) is 3.24. The van der Waals surface area contributed by atoms with Crippen LogP contribution in [0.25, 0.3) is 11.3 Å². The van der Waals surface area contributed by atoms with Gasteiger partial charge in [-0.05, 0) is 32.6 Å². The molecule has 1 aliphatic heterocycles. The van der Waals surface area contributed by atoms with Crippen LogP contribution in [0.15, 0.2) is 40.9 Å². The Bertz CT molecular complexity index is 690. The van der Waals surface area contributed by atoms with Crippen molar-refractivity contribution >= 4 is 5.91 Å². The van der Waals surface area contributed by atoms with Crippen LogP contribution in [0.2, 0.25) is 0 Å². The monoisotopic (exact) mass is 341 g/mol. The number of nitrogens with zero attached hydrogens (tertiary/aromatic N) is 2. The number of carbonyl (C=O) groups is 1. The molecule has 2 atom stereocenters. The standard InChI is InChI=1S/C20H27N3O2/c1-14-9-11-23(12-10-14)20(24)16(3)22-15(2)19-21-13-18(25-19)17-7-5-4-6-8-17/h4-8,13-16,22H,9-12H2,1-3H3/t15-,16+/m0/s1. The van der Waals surface area contributed by atoms with E-state index in [1.54, 1.807) is 6.20 Å². The number of hydrogen-bond donors (Lipinski definition) is 1. The molecule has 134 valence electrons. The molecule has 1 saturated heterocycles. The maximum absolute atomic E-state index is 12.6. The largest absolute Gasteiger partial charge is 0.439 e. The zero-order valence-corrected chi connectivity index (χ0v) is 15.2. The molecule has 1 fully saturated rings. The van der Waals surface area contributed by atoms with E-state index in [9.17, 15) is 4.79 Å². The maximum atomic E-state index is 12.6. The quantitative estimate of drug-likeness (QED) is 0.902. The Labute approximate surface area is 149 Å². The van der Waals surface area contributed by atoms with Gasteiger partial charge in [0.25, 0.3) is 0 Å². The number of rotatable bonds is 5. The average Bonchev–Trinajstić information content (AvgIpc) is 3.13. The van der Waals surface area contributed by atoms with Gasteiger partial charge in [0.2, 0.25) is 11.8 Å². The van der Waals surface area contributed by atoms with Crippen LogP contribution in [-0.2, 0) is 4.79 Å². The Hall–Kier alpha value is -2.14. The predicted octanol–water partition coefficient (Wildman–Crippen LogP) is 3.64. The summed E-state index contributed by atoms with van der Waals surface area (Å²) in [5, 5.41) is 3.32. The Balaban J connectivity index is 1.59. The van der Waals surface area contributed by atoms with Crippen molar-refractivity contribution < 1.29 is 9.21 Å². The number of likely N-dealkylation sites (tertiary alicyclic amines) is 1. The first-order chi connectivity index (χ1) is 12.0. The molecule has 1 N–H and O–H groups in total. The summed E-state index contributed by atoms with van der Waals surface area (Å²) in [5.41, 5.74) is 1.00. The van der Waals surface area contributed by atoms with Gasteiger partial charge in [0.15, 0.2) is 5.76 Å². The lowest BCUT2D eigenvalue weighted by Gasteiger charge is -2.32. The number of hydrogen-bond acceptors (Lipinski definition) is 4. The van der Waals surface area contributed by atoms with Gasteiger partial charge in [-0.3, -0.25) is 10.1 Å². The van der Waals surface area contributed by atoms with Gasteiger partial charge in [-0.1, -0.05) is 37.3 Å². The fourth-order valence-corrected chi connectivity index (χ4v) is 3.24. The van der Waals surface area contributed by atoms with Gasteiger partial charge >= 0.3 is 0 Å². The second-order valence-electron chi connectivity index (χ2n) is 7.05. The molecular formula is C20H27N3O2. The summed E-state index contributed by atoms with van der Waals surface area (Å²) in [6, 6.07) is 9.52. The molecule has 25 heavy (non-hydrogen) atoms. The third-order valence-corrected chi connectivity index (χ3v) is 4.92. The Kier molecular flexibility index (Phi) is 5.53. The van der Waals surface area contributed by atoms with Gasteiger partial charge in [0.05, 0.1) is 18.3 Å². The summed E-state index contributed by atoms with van der Waals surface area (Å²) < 4.78 is 5.87. The molecule has 3 rings (SSSR count). The number of piperidine rings is 1. The van der Waals surface area contributed by atoms with Crippen LogP contribution in [-0.4, -0.2) is 34.9 Å². The molecule has 0 aliphatic carbocycles. The van der Waals surface area contributed by atoms with E-state index in [1.807, 2.05) is 49.1 Å². The first-order valence-electron chi connectivity index (χ1n) is 9.10. The molecule has 0 bridgehead atoms. The summed E-state index contributed by atoms with van der Waals surface area (Å²) in [6.07, 6.45) is 3.92. The predicted molar refractivity (Wildman–Crippen MR) is 97.9 cm³/mol. The van der Waals surface area contributed by atoms with Crippen LogP contribution in [0.3, 0.4) is 0 Å². The number of amides is 1. The molecule has 5 nitrogen and oxygen atoms in total. The van der Waals surface area contributed by atoms with Gasteiger partial charge in [0, 0.05) is 18.7 Å². The van der Waals surface area contributed by atoms with Crippen LogP contribution >= 0.6 is 0 Å². The Morgan fingerprint density at radius 1 is 1.24 bits per heavy atom. The highest BCUT2D eigenvalue weighted by molar-refractivity contribution is 5.81. The van der Waals surface area contributed by atoms with E-state index in [0.29, 0.717) is 5.89 Å². The van der Waals surface area contributed by atoms with Crippen LogP contribution in [0, 0.1) is 5.92 Å². The van der Waals surface area contributed by atoms with Crippen molar-refractivity contribution in [2.75, 3.05) is 13.1 Å². The Morgan fingerprint density at radius 3 is 2.60 bits per heavy atom. The highest BCUT2D eigenvalue weighted by Crippen LogP contribution is 2.23. The fraction of sp³-hybridized carbons (Fsp3) is 0.500. The molecule has 5 heteroatoms. The number of oxazole rings is 1. The Morgan fingerprint density at radius 2 is 1.92 bits per heavy atom. The average molecular weight is 341 g/mol. The lowest BCUT2D eigenvalue weighted by Crippen LogP contribution is -2.48. The van der Waals surface area contributed by atoms with Crippen LogP contribution < -0.4 is 5.32 Å². The highest BCUT2D eigenvalue weighted by atomic mass is 16.4. The van der Waals surface area contributed by atoms with E-state index in [2.05, 4.69) is 17.2 Å². The third kappa shape index (κ3) is 4.28. The zero-order chi connectivity index (χ0) is 17.8. The highest BCUT2D eigenvalue weighted by Gasteiger charge is 2.26. The van der Waals surface area contributed by atoms with Crippen molar-refractivity contribution in [3.63, 3.8) is 0 Å². The van der Waals surface area contributed by atoms with Crippen molar-refractivity contribution in [2.45, 2.75) is 45.7 Å². The van der Waals surface area contributed by atoms with Crippen molar-refractivity contribution in [3.8, 4) is 11.3 Å². The van der Waals surface area contributed by atoms with E-state index in [1.165, 1.54) is 0 Å². The zero-order valence-electron chi connectivity index (χ0n) is 15.2. The molecule has 0 unspecified atom stereocenters. The summed E-state index contributed by atoms with van der Waals surface area (Å²) >= 11 is 0. The van der Waals surface area contributed by atoms with Gasteiger partial charge in [0.1, 0.15) is 0 Å². The summed E-state index contributed by atoms with van der Waals surface area (Å²) in [6.45, 7) is 7.86. The first-order valence-corrected chi connectivity index (χ1v) is 9.10. The molecule has 1 aromatic carbocycles. The van der Waals surface area contributed by atoms with Gasteiger partial charge in [-0.15, -0.1) is 0 Å². The van der Waals surface area contributed by atoms with E-state index in [4.69, 9.17) is 4.42 Å². The third-order valence-electron chi connectivity index (χ3n) is 4.92. The van der Waals surface area contributed by atoms with Crippen molar-refractivity contribution in [1.82, 2.24) is 15.2 Å². The lowest BCUT2D eigenvalue weighted by molar-refractivity contribution is -0.134. The number of carbonyl (C=O) groups excluding carboxylic acids is 1. The SMILES string of the molecule is CC1CCN(C(=O)[C@@H](C)N[C@@H](C)c2ncc(-c3ccccc3)o2)CC1. The molecule has 0 saturated carbocycles. The van der Waals surface area contributed by atoms with Crippen molar-refractivity contribution in [3.05, 3.63) is 42.4 Å². The lowest BCUT2D eigenvalue weighted by atomic mass is 9.99. The van der Waals surface area contributed by atoms with Crippen molar-refractivity contribution in [2.24, 2.45) is 5.92 Å². The maximum Gasteiger partial charge on any atom is 0.239 e. The summed E-state index contributed by atoms with van der Waals surface area (Å²) in [5.74, 6) is 2.22. The van der Waals surface area contributed by atoms with Gasteiger partial charge in [-0.2, -0.15) is 0 Å². The number of aromatic nitrogens is 1. The second-order valence-corrected chi connectivity index (χ2v) is 7.05. The van der Waals surface area contributed by atoms with E-state index < -0.39 is 0 Å². The van der Waals surface area contributed by atoms with E-state index in [-0.39, 0.29) is 18.0 Å². The molecule has 1 aliphatic rings. The smallest absolute Gasteiger partial charge is 0.239 e. The normalized spacial score (nSPS) is 18.1. The van der Waals surface area contributed by atoms with E-state index >= 15 is 0 Å². The molecule has 1 aromatic heterocycles. The van der Waals surface area contributed by atoms with Gasteiger partial charge < -0.3 is 9.32 Å². The minimum absolute atomic E-state index is 0.125. The van der Waals surface area contributed by atoms with Crippen LogP contribution in [0.4, 0.5) is 0 Å². The molecule has 0 radical (unpaired) electrons. The molecule has 0 spiro atoms. The molecule has 2 aromatic rings. The van der Waals surface area contributed by atoms with E-state index in [0.717, 1.165) is 43.2 Å². The molecule has 2 heterocycles. The molecule has 1 amide bonds. The minimum Gasteiger partial charge on any atom is -0.439 e. The van der Waals surface area contributed by atoms with Gasteiger partial charge in [-0.25, -0.2) is 4.98 Å². The van der Waals surface area contributed by atoms with Crippen molar-refractivity contribution in [1.29, 1.82) is 0 Å². The van der Waals surface area contributed by atoms with Crippen LogP contribution in [0.5, 0.6) is 0 Å². The number of nitrogens with one attached hydrogen (secondary N) is 1. The second kappa shape index (κ2) is 7.83. The first kappa shape index (κ1) is 17.7. The minimum atomic E-state index is -0.254.